The van der Waals surface area contributed by atoms with Gasteiger partial charge in [-0.05, 0) is 50.0 Å². The van der Waals surface area contributed by atoms with E-state index in [1.54, 1.807) is 14.1 Å². The lowest BCUT2D eigenvalue weighted by molar-refractivity contribution is -0.153. The molecule has 3 aliphatic rings. The van der Waals surface area contributed by atoms with Gasteiger partial charge in [0.1, 0.15) is 28.5 Å². The number of primary amides is 1. The average molecular weight is 538 g/mol. The van der Waals surface area contributed by atoms with Gasteiger partial charge in [-0.1, -0.05) is 6.07 Å². The van der Waals surface area contributed by atoms with E-state index in [0.29, 0.717) is 11.1 Å². The lowest BCUT2D eigenvalue weighted by Gasteiger charge is -2.50. The summed E-state index contributed by atoms with van der Waals surface area (Å²) in [6, 6.07) is 1.47. The highest BCUT2D eigenvalue weighted by Crippen LogP contribution is 2.53. The number of hydrogen-bond acceptors (Lipinski definition) is 11. The van der Waals surface area contributed by atoms with Crippen molar-refractivity contribution in [1.82, 2.24) is 4.90 Å². The number of benzene rings is 1. The molecular weight excluding hydrogens is 510 g/mol. The minimum atomic E-state index is -2.74. The smallest absolute Gasteiger partial charge is 0.255 e. The van der Waals surface area contributed by atoms with Gasteiger partial charge in [0.2, 0.25) is 16.6 Å². The molecule has 204 valence electrons. The first kappa shape index (κ1) is 26.3. The number of likely N-dealkylation sites (N-methyl/N-ethyl adjacent to an activating group) is 1. The van der Waals surface area contributed by atoms with Crippen molar-refractivity contribution in [3.8, 4) is 16.9 Å². The van der Waals surface area contributed by atoms with Crippen molar-refractivity contribution in [2.45, 2.75) is 24.5 Å². The number of nitrogens with zero attached hydrogens (tertiary/aromatic N) is 2. The predicted octanol–water partition coefficient (Wildman–Crippen LogP) is -0.707. The molecule has 0 radical (unpaired) electrons. The Labute approximate surface area is 221 Å². The van der Waals surface area contributed by atoms with Crippen LogP contribution >= 0.6 is 0 Å². The predicted molar refractivity (Wildman–Crippen MR) is 139 cm³/mol. The average Bonchev–Trinajstić information content (AvgIpc) is 2.84. The van der Waals surface area contributed by atoms with E-state index in [0.717, 1.165) is 0 Å². The van der Waals surface area contributed by atoms with E-state index >= 15 is 0 Å². The topological polar surface area (TPSA) is 199 Å². The van der Waals surface area contributed by atoms with Crippen molar-refractivity contribution in [2.24, 2.45) is 17.6 Å². The molecule has 5 rings (SSSR count). The van der Waals surface area contributed by atoms with E-state index < -0.39 is 74.7 Å². The normalized spacial score (nSPS) is 26.6. The van der Waals surface area contributed by atoms with Gasteiger partial charge in [0, 0.05) is 25.6 Å². The Balaban J connectivity index is 1.76. The summed E-state index contributed by atoms with van der Waals surface area (Å²) in [6.45, 7) is 0. The summed E-state index contributed by atoms with van der Waals surface area (Å²) in [5, 5.41) is 44.6. The van der Waals surface area contributed by atoms with Crippen LogP contribution in [0.1, 0.15) is 17.5 Å². The molecule has 6 N–H and O–H groups in total. The quantitative estimate of drug-likeness (QED) is 0.244. The summed E-state index contributed by atoms with van der Waals surface area (Å²) in [4.78, 5) is 66.9. The fraction of sp³-hybridized carbons (Fsp3) is 0.370. The second-order valence-electron chi connectivity index (χ2n) is 10.7. The second kappa shape index (κ2) is 8.35. The molecule has 12 heteroatoms. The minimum absolute atomic E-state index is 0.00392. The number of carbonyl (C=O) groups is 3. The number of fused-ring (bicyclic) bond motifs is 3. The third-order valence-corrected chi connectivity index (χ3v) is 8.21. The Hall–Kier alpha value is -4.29. The van der Waals surface area contributed by atoms with Crippen LogP contribution in [0.15, 0.2) is 38.6 Å². The Kier molecular flexibility index (Phi) is 5.64. The van der Waals surface area contributed by atoms with Crippen molar-refractivity contribution in [3.05, 3.63) is 60.6 Å². The maximum Gasteiger partial charge on any atom is 0.255 e. The van der Waals surface area contributed by atoms with Crippen molar-refractivity contribution in [3.63, 3.8) is 0 Å². The van der Waals surface area contributed by atoms with E-state index in [1.165, 1.54) is 36.0 Å². The first-order valence-corrected chi connectivity index (χ1v) is 12.2. The van der Waals surface area contributed by atoms with Gasteiger partial charge in [-0.15, -0.1) is 0 Å². The summed E-state index contributed by atoms with van der Waals surface area (Å²) >= 11 is 0. The number of nitrogens with two attached hydrogens (primary N) is 1. The van der Waals surface area contributed by atoms with Crippen molar-refractivity contribution < 1.29 is 34.8 Å². The summed E-state index contributed by atoms with van der Waals surface area (Å²) in [5.41, 5.74) is 0.736. The molecule has 0 aromatic heterocycles. The molecule has 2 unspecified atom stereocenters. The molecule has 0 heterocycles. The fourth-order valence-corrected chi connectivity index (χ4v) is 6.53. The monoisotopic (exact) mass is 537 g/mol. The van der Waals surface area contributed by atoms with E-state index in [-0.39, 0.29) is 35.2 Å². The molecule has 0 spiro atoms. The number of rotatable bonds is 4. The van der Waals surface area contributed by atoms with Gasteiger partial charge in [0.25, 0.3) is 5.91 Å². The molecule has 39 heavy (non-hydrogen) atoms. The molecule has 4 atom stereocenters. The molecule has 0 saturated heterocycles. The molecule has 12 nitrogen and oxygen atoms in total. The van der Waals surface area contributed by atoms with Crippen LogP contribution in [0.4, 0.5) is 5.69 Å². The van der Waals surface area contributed by atoms with Gasteiger partial charge < -0.3 is 31.1 Å². The van der Waals surface area contributed by atoms with E-state index in [2.05, 4.69) is 0 Å². The highest BCUT2D eigenvalue weighted by atomic mass is 16.3. The third-order valence-electron chi connectivity index (χ3n) is 8.21. The van der Waals surface area contributed by atoms with Crippen LogP contribution in [0.5, 0.6) is 5.75 Å². The van der Waals surface area contributed by atoms with Crippen molar-refractivity contribution >= 4 is 28.9 Å². The van der Waals surface area contributed by atoms with Gasteiger partial charge in [-0.2, -0.15) is 0 Å². The Bertz CT molecular complexity index is 1640. The van der Waals surface area contributed by atoms with Gasteiger partial charge >= 0.3 is 0 Å². The van der Waals surface area contributed by atoms with Crippen molar-refractivity contribution in [1.29, 1.82) is 0 Å². The van der Waals surface area contributed by atoms with Gasteiger partial charge in [0.15, 0.2) is 11.4 Å². The fourth-order valence-electron chi connectivity index (χ4n) is 6.53. The molecule has 2 aromatic rings. The molecule has 0 aliphatic heterocycles. The van der Waals surface area contributed by atoms with Crippen LogP contribution < -0.4 is 21.5 Å². The number of anilines is 1. The zero-order valence-electron chi connectivity index (χ0n) is 21.6. The number of hydrogen-bond donors (Lipinski definition) is 5. The summed E-state index contributed by atoms with van der Waals surface area (Å²) < 4.78 is 0. The number of carbonyl (C=O) groups excluding carboxylic acids is 3. The Morgan fingerprint density at radius 2 is 1.64 bits per heavy atom. The van der Waals surface area contributed by atoms with Crippen LogP contribution in [0.2, 0.25) is 0 Å². The van der Waals surface area contributed by atoms with E-state index in [4.69, 9.17) is 5.73 Å². The minimum Gasteiger partial charge on any atom is -0.508 e. The largest absolute Gasteiger partial charge is 0.508 e. The SMILES string of the molecule is CN(C)c1c(-c2ccc(O)c3c2CC2CC4[C@H](N(C)C)C(=O)C(C(N)=O)=C(O)[C@@]4(O)C(=O)C2=C3O)c(=O)c1=O. The zero-order valence-corrected chi connectivity index (χ0v) is 21.6. The maximum atomic E-state index is 13.9. The lowest BCUT2D eigenvalue weighted by Crippen LogP contribution is -2.65. The van der Waals surface area contributed by atoms with E-state index in [9.17, 15) is 44.4 Å². The molecule has 1 saturated carbocycles. The number of amides is 1. The van der Waals surface area contributed by atoms with Gasteiger partial charge in [-0.25, -0.2) is 0 Å². The molecule has 1 amide bonds. The highest BCUT2D eigenvalue weighted by Gasteiger charge is 2.64. The molecule has 3 aliphatic carbocycles. The van der Waals surface area contributed by atoms with Crippen LogP contribution in [0.3, 0.4) is 0 Å². The molecule has 0 bridgehead atoms. The van der Waals surface area contributed by atoms with Crippen LogP contribution in [-0.4, -0.2) is 82.6 Å². The number of aromatic hydroxyl groups is 1. The first-order chi connectivity index (χ1) is 18.2. The van der Waals surface area contributed by atoms with Crippen LogP contribution in [0.25, 0.3) is 16.9 Å². The molecular formula is C27H27N3O9. The third kappa shape index (κ3) is 3.21. The molecule has 1 fully saturated rings. The van der Waals surface area contributed by atoms with Gasteiger partial charge in [0.05, 0.1) is 17.2 Å². The second-order valence-corrected chi connectivity index (χ2v) is 10.7. The summed E-state index contributed by atoms with van der Waals surface area (Å²) in [7, 11) is 6.23. The van der Waals surface area contributed by atoms with E-state index in [1.807, 2.05) is 0 Å². The number of Topliss-reactive ketones (excluding diaryl/α,β-unsaturated/α-hetero) is 2. The number of ketones is 2. The first-order valence-electron chi connectivity index (χ1n) is 12.2. The summed E-state index contributed by atoms with van der Waals surface area (Å²) in [5.74, 6) is -7.57. The van der Waals surface area contributed by atoms with Crippen LogP contribution in [0, 0.1) is 11.8 Å². The summed E-state index contributed by atoms with van der Waals surface area (Å²) in [6.07, 6.45) is -0.0860. The van der Waals surface area contributed by atoms with Crippen LogP contribution in [-0.2, 0) is 20.8 Å². The Morgan fingerprint density at radius 1 is 1.00 bits per heavy atom. The molecule has 2 aromatic carbocycles. The number of aliphatic hydroxyl groups excluding tert-OH is 2. The lowest BCUT2D eigenvalue weighted by atomic mass is 9.57. The Morgan fingerprint density at radius 3 is 2.21 bits per heavy atom. The van der Waals surface area contributed by atoms with Gasteiger partial charge in [-0.3, -0.25) is 28.9 Å². The maximum absolute atomic E-state index is 13.9. The number of phenolic OH excluding ortho intramolecular Hbond substituents is 1. The zero-order chi connectivity index (χ0) is 28.9. The standard InChI is InChI=1S/C27H27N3O9/c1-29(2)18-12-8-9-7-11-10(16-19(30(3)4)23(35)22(16)34)5-6-13(31)15(11)20(32)14(9)24(36)27(12,39)25(37)17(21(18)33)26(28)38/h5-6,9,12,18,31-32,37,39H,7-8H2,1-4H3,(H2,28,38)/t9?,12?,18-,27-/m0/s1. The highest BCUT2D eigenvalue weighted by molar-refractivity contribution is 6.24. The van der Waals surface area contributed by atoms with Crippen molar-refractivity contribution in [2.75, 3.05) is 33.1 Å². The number of aliphatic hydroxyl groups is 3. The number of phenols is 1.